The number of benzene rings is 2. The lowest BCUT2D eigenvalue weighted by atomic mass is 10.3. The van der Waals surface area contributed by atoms with Crippen molar-refractivity contribution in [2.45, 2.75) is 13.0 Å². The van der Waals surface area contributed by atoms with E-state index in [1.165, 1.54) is 22.8 Å². The van der Waals surface area contributed by atoms with Crippen LogP contribution >= 0.6 is 0 Å². The van der Waals surface area contributed by atoms with Gasteiger partial charge in [0.15, 0.2) is 5.58 Å². The summed E-state index contributed by atoms with van der Waals surface area (Å²) in [6.45, 7) is 0.0869. The largest absolute Gasteiger partial charge is 0.426 e. The maximum Gasteiger partial charge on any atom is 0.419 e. The van der Waals surface area contributed by atoms with E-state index in [-0.39, 0.29) is 24.4 Å². The molecule has 122 valence electrons. The van der Waals surface area contributed by atoms with Crippen molar-refractivity contribution in [3.05, 3.63) is 69.2 Å². The molecule has 0 saturated heterocycles. The van der Waals surface area contributed by atoms with Crippen molar-refractivity contribution in [2.24, 2.45) is 0 Å². The number of hydrogen-bond acceptors (Lipinski definition) is 6. The summed E-state index contributed by atoms with van der Waals surface area (Å²) in [7, 11) is 0. The number of esters is 1. The molecule has 8 nitrogen and oxygen atoms in total. The normalized spacial score (nSPS) is 10.7. The monoisotopic (exact) mass is 328 g/mol. The number of nitrogens with zero attached hydrogens (tertiary/aromatic N) is 2. The number of carbonyl (C=O) groups excluding carboxylic acids is 1. The molecule has 1 aromatic heterocycles. The molecule has 0 atom stereocenters. The van der Waals surface area contributed by atoms with Crippen molar-refractivity contribution >= 4 is 22.8 Å². The Morgan fingerprint density at radius 1 is 1.21 bits per heavy atom. The van der Waals surface area contributed by atoms with Crippen LogP contribution < -0.4 is 10.5 Å². The zero-order valence-corrected chi connectivity index (χ0v) is 12.4. The highest BCUT2D eigenvalue weighted by molar-refractivity contribution is 5.74. The molecule has 0 unspecified atom stereocenters. The van der Waals surface area contributed by atoms with Gasteiger partial charge in [0.1, 0.15) is 5.75 Å². The van der Waals surface area contributed by atoms with Crippen molar-refractivity contribution in [1.29, 1.82) is 0 Å². The molecule has 24 heavy (non-hydrogen) atoms. The van der Waals surface area contributed by atoms with E-state index in [1.807, 2.05) is 0 Å². The highest BCUT2D eigenvalue weighted by Crippen LogP contribution is 2.19. The number of nitro groups is 1. The number of rotatable bonds is 5. The average Bonchev–Trinajstić information content (AvgIpc) is 2.88. The summed E-state index contributed by atoms with van der Waals surface area (Å²) in [5.74, 6) is -1.08. The van der Waals surface area contributed by atoms with Crippen molar-refractivity contribution in [2.75, 3.05) is 0 Å². The maximum absolute atomic E-state index is 11.9. The number of ether oxygens (including phenoxy) is 1. The summed E-state index contributed by atoms with van der Waals surface area (Å²) < 4.78 is 11.5. The van der Waals surface area contributed by atoms with E-state index >= 15 is 0 Å². The smallest absolute Gasteiger partial charge is 0.419 e. The first kappa shape index (κ1) is 15.5. The minimum Gasteiger partial charge on any atom is -0.426 e. The molecular formula is C16H12N2O6. The van der Waals surface area contributed by atoms with Crippen LogP contribution in [-0.4, -0.2) is 15.5 Å². The first-order valence-corrected chi connectivity index (χ1v) is 7.08. The predicted octanol–water partition coefficient (Wildman–Crippen LogP) is 2.50. The quantitative estimate of drug-likeness (QED) is 0.308. The zero-order valence-electron chi connectivity index (χ0n) is 12.4. The summed E-state index contributed by atoms with van der Waals surface area (Å²) in [6, 6.07) is 12.2. The van der Waals surface area contributed by atoms with Crippen LogP contribution in [0.2, 0.25) is 0 Å². The van der Waals surface area contributed by atoms with Gasteiger partial charge in [0.2, 0.25) is 0 Å². The number of fused-ring (bicyclic) bond motifs is 1. The molecule has 8 heteroatoms. The molecule has 0 radical (unpaired) electrons. The van der Waals surface area contributed by atoms with Crippen LogP contribution in [0.3, 0.4) is 0 Å². The van der Waals surface area contributed by atoms with Crippen molar-refractivity contribution in [3.63, 3.8) is 0 Å². The zero-order chi connectivity index (χ0) is 17.1. The first-order valence-electron chi connectivity index (χ1n) is 7.08. The molecule has 0 spiro atoms. The van der Waals surface area contributed by atoms with Crippen LogP contribution in [0.1, 0.15) is 6.42 Å². The summed E-state index contributed by atoms with van der Waals surface area (Å²) in [6.07, 6.45) is -0.0773. The van der Waals surface area contributed by atoms with Crippen LogP contribution in [0.4, 0.5) is 5.69 Å². The minimum absolute atomic E-state index is 0.0773. The SMILES string of the molecule is O=C(CCn1c(=O)oc2ccccc21)Oc1cccc([N+](=O)[O-])c1. The minimum atomic E-state index is -0.604. The molecule has 0 aliphatic rings. The van der Waals surface area contributed by atoms with Gasteiger partial charge >= 0.3 is 11.7 Å². The third-order valence-corrected chi connectivity index (χ3v) is 3.37. The van der Waals surface area contributed by atoms with Crippen LogP contribution in [-0.2, 0) is 11.3 Å². The number of carbonyl (C=O) groups is 1. The Morgan fingerprint density at radius 2 is 2.00 bits per heavy atom. The highest BCUT2D eigenvalue weighted by atomic mass is 16.6. The summed E-state index contributed by atoms with van der Waals surface area (Å²) in [5, 5.41) is 10.7. The van der Waals surface area contributed by atoms with E-state index < -0.39 is 16.6 Å². The van der Waals surface area contributed by atoms with E-state index in [4.69, 9.17) is 9.15 Å². The number of para-hydroxylation sites is 2. The van der Waals surface area contributed by atoms with Gasteiger partial charge in [0.05, 0.1) is 22.9 Å². The van der Waals surface area contributed by atoms with E-state index in [9.17, 15) is 19.7 Å². The van der Waals surface area contributed by atoms with E-state index in [0.29, 0.717) is 11.1 Å². The van der Waals surface area contributed by atoms with Gasteiger partial charge in [-0.2, -0.15) is 0 Å². The van der Waals surface area contributed by atoms with Gasteiger partial charge in [-0.1, -0.05) is 18.2 Å². The van der Waals surface area contributed by atoms with Crippen LogP contribution in [0.5, 0.6) is 5.75 Å². The topological polar surface area (TPSA) is 105 Å². The van der Waals surface area contributed by atoms with Crippen LogP contribution in [0.25, 0.3) is 11.1 Å². The van der Waals surface area contributed by atoms with Gasteiger partial charge in [0, 0.05) is 12.6 Å². The molecular weight excluding hydrogens is 316 g/mol. The number of aromatic nitrogens is 1. The molecule has 3 rings (SSSR count). The number of oxazole rings is 1. The van der Waals surface area contributed by atoms with Gasteiger partial charge in [-0.05, 0) is 18.2 Å². The summed E-state index contributed by atoms with van der Waals surface area (Å²) in [4.78, 5) is 33.8. The second kappa shape index (κ2) is 6.37. The number of hydrogen-bond donors (Lipinski definition) is 0. The highest BCUT2D eigenvalue weighted by Gasteiger charge is 2.13. The molecule has 0 saturated carbocycles. The van der Waals surface area contributed by atoms with Gasteiger partial charge in [0.25, 0.3) is 5.69 Å². The van der Waals surface area contributed by atoms with E-state index in [2.05, 4.69) is 0 Å². The third kappa shape index (κ3) is 3.17. The Bertz CT molecular complexity index is 972. The average molecular weight is 328 g/mol. The second-order valence-electron chi connectivity index (χ2n) is 4.97. The molecule has 2 aromatic carbocycles. The van der Waals surface area contributed by atoms with E-state index in [0.717, 1.165) is 6.07 Å². The Balaban J connectivity index is 1.69. The standard InChI is InChI=1S/C16H12N2O6/c19-15(23-12-5-3-4-11(10-12)18(21)22)8-9-17-13-6-1-2-7-14(13)24-16(17)20/h1-7,10H,8-9H2. The Kier molecular flexibility index (Phi) is 4.11. The van der Waals surface area contributed by atoms with Crippen LogP contribution in [0, 0.1) is 10.1 Å². The number of nitro benzene ring substituents is 1. The molecule has 0 aliphatic carbocycles. The molecule has 0 amide bonds. The Hall–Kier alpha value is -3.42. The van der Waals surface area contributed by atoms with Crippen LogP contribution in [0.15, 0.2) is 57.7 Å². The maximum atomic E-state index is 11.9. The van der Waals surface area contributed by atoms with E-state index in [1.54, 1.807) is 24.3 Å². The van der Waals surface area contributed by atoms with Gasteiger partial charge < -0.3 is 9.15 Å². The molecule has 0 fully saturated rings. The predicted molar refractivity (Wildman–Crippen MR) is 83.8 cm³/mol. The second-order valence-corrected chi connectivity index (χ2v) is 4.97. The molecule has 0 N–H and O–H groups in total. The molecule has 1 heterocycles. The fraction of sp³-hybridized carbons (Fsp3) is 0.125. The fourth-order valence-corrected chi connectivity index (χ4v) is 2.27. The number of aryl methyl sites for hydroxylation is 1. The van der Waals surface area contributed by atoms with Crippen molar-refractivity contribution < 1.29 is 18.9 Å². The molecule has 0 bridgehead atoms. The Labute approximate surface area is 135 Å². The summed E-state index contributed by atoms with van der Waals surface area (Å²) in [5.41, 5.74) is 0.859. The fourth-order valence-electron chi connectivity index (χ4n) is 2.27. The van der Waals surface area contributed by atoms with Gasteiger partial charge in [-0.3, -0.25) is 19.5 Å². The third-order valence-electron chi connectivity index (χ3n) is 3.37. The Morgan fingerprint density at radius 3 is 2.79 bits per heavy atom. The lowest BCUT2D eigenvalue weighted by Crippen LogP contribution is -2.18. The first-order chi connectivity index (χ1) is 11.5. The lowest BCUT2D eigenvalue weighted by molar-refractivity contribution is -0.384. The van der Waals surface area contributed by atoms with Crippen molar-refractivity contribution in [1.82, 2.24) is 4.57 Å². The summed E-state index contributed by atoms with van der Waals surface area (Å²) >= 11 is 0. The molecule has 3 aromatic rings. The molecule has 0 aliphatic heterocycles. The van der Waals surface area contributed by atoms with Gasteiger partial charge in [-0.25, -0.2) is 4.79 Å². The van der Waals surface area contributed by atoms with Gasteiger partial charge in [-0.15, -0.1) is 0 Å². The van der Waals surface area contributed by atoms with Crippen molar-refractivity contribution in [3.8, 4) is 5.75 Å². The number of non-ortho nitro benzene ring substituents is 1. The lowest BCUT2D eigenvalue weighted by Gasteiger charge is -2.04.